The van der Waals surface area contributed by atoms with Gasteiger partial charge in [-0.2, -0.15) is 0 Å². The van der Waals surface area contributed by atoms with Gasteiger partial charge < -0.3 is 5.11 Å². The number of hydrogen-bond acceptors (Lipinski definition) is 4. The summed E-state index contributed by atoms with van der Waals surface area (Å²) in [5, 5.41) is 13.2. The average molecular weight is 278 g/mol. The summed E-state index contributed by atoms with van der Waals surface area (Å²) < 4.78 is 0. The molecular formula is C13H14N2O3S. The molecule has 1 aromatic heterocycles. The maximum absolute atomic E-state index is 12.0. The molecule has 6 heteroatoms. The topological polar surface area (TPSA) is 73.3 Å². The van der Waals surface area contributed by atoms with Gasteiger partial charge in [-0.1, -0.05) is 5.76 Å². The van der Waals surface area contributed by atoms with Gasteiger partial charge in [-0.15, -0.1) is 0 Å². The molecule has 2 amide bonds. The van der Waals surface area contributed by atoms with Gasteiger partial charge in [-0.05, 0) is 18.6 Å². The second-order valence-corrected chi connectivity index (χ2v) is 6.37. The van der Waals surface area contributed by atoms with Crippen molar-refractivity contribution < 1.29 is 14.7 Å². The van der Waals surface area contributed by atoms with Crippen molar-refractivity contribution >= 4 is 22.7 Å². The number of nitrogens with zero attached hydrogens (tertiary/aromatic N) is 2. The standard InChI is InChI=1S/C13H14N2O3S/c1-19(2)8-9(16)5-7-15-12(17)10-4-3-6-14-11(10)13(15)18/h3-4,6,8H,5,7H2,1-2H3/b9-8-. The lowest BCUT2D eigenvalue weighted by Crippen LogP contribution is -2.32. The van der Waals surface area contributed by atoms with Crippen LogP contribution in [0.3, 0.4) is 0 Å². The van der Waals surface area contributed by atoms with Gasteiger partial charge in [0.15, 0.2) is 0 Å². The van der Waals surface area contributed by atoms with Crippen LogP contribution in [0.1, 0.15) is 27.3 Å². The minimum atomic E-state index is -0.416. The largest absolute Gasteiger partial charge is 0.872 e. The van der Waals surface area contributed by atoms with E-state index in [2.05, 4.69) is 4.98 Å². The third-order valence-corrected chi connectivity index (χ3v) is 3.41. The lowest BCUT2D eigenvalue weighted by atomic mass is 10.2. The first-order valence-corrected chi connectivity index (χ1v) is 7.86. The molecule has 5 nitrogen and oxygen atoms in total. The number of imide groups is 1. The van der Waals surface area contributed by atoms with Crippen molar-refractivity contribution in [3.63, 3.8) is 0 Å². The number of fused-ring (bicyclic) bond motifs is 1. The predicted octanol–water partition coefficient (Wildman–Crippen LogP) is 0.147. The van der Waals surface area contributed by atoms with Crippen LogP contribution >= 0.6 is 0 Å². The van der Waals surface area contributed by atoms with E-state index in [1.807, 2.05) is 12.5 Å². The molecule has 0 N–H and O–H groups in total. The highest BCUT2D eigenvalue weighted by atomic mass is 32.2. The highest BCUT2D eigenvalue weighted by Crippen LogP contribution is 2.20. The Bertz CT molecular complexity index is 520. The smallest absolute Gasteiger partial charge is 0.280 e. The molecule has 1 aromatic rings. The fourth-order valence-corrected chi connectivity index (χ4v) is 2.50. The Morgan fingerprint density at radius 2 is 2.16 bits per heavy atom. The van der Waals surface area contributed by atoms with Crippen molar-refractivity contribution in [2.45, 2.75) is 6.42 Å². The molecule has 0 spiro atoms. The number of aromatic nitrogens is 1. The van der Waals surface area contributed by atoms with Gasteiger partial charge in [0.2, 0.25) is 0 Å². The monoisotopic (exact) mass is 278 g/mol. The van der Waals surface area contributed by atoms with Gasteiger partial charge in [0, 0.05) is 23.6 Å². The third kappa shape index (κ3) is 2.78. The van der Waals surface area contributed by atoms with Crippen LogP contribution < -0.4 is 5.11 Å². The van der Waals surface area contributed by atoms with Crippen molar-refractivity contribution in [1.82, 2.24) is 9.88 Å². The van der Waals surface area contributed by atoms with E-state index < -0.39 is 5.91 Å². The summed E-state index contributed by atoms with van der Waals surface area (Å²) in [6, 6.07) is 3.19. The molecule has 0 unspecified atom stereocenters. The van der Waals surface area contributed by atoms with Crippen LogP contribution in [0, 0.1) is 0 Å². The number of rotatable bonds is 4. The van der Waals surface area contributed by atoms with Crippen LogP contribution in [0.15, 0.2) is 29.5 Å². The zero-order chi connectivity index (χ0) is 14.0. The Morgan fingerprint density at radius 3 is 2.79 bits per heavy atom. The zero-order valence-electron chi connectivity index (χ0n) is 10.8. The van der Waals surface area contributed by atoms with E-state index in [4.69, 9.17) is 0 Å². The summed E-state index contributed by atoms with van der Waals surface area (Å²) >= 11 is 0. The van der Waals surface area contributed by atoms with Gasteiger partial charge in [0.05, 0.1) is 5.56 Å². The van der Waals surface area contributed by atoms with Crippen LogP contribution in [0.5, 0.6) is 0 Å². The van der Waals surface area contributed by atoms with E-state index in [9.17, 15) is 14.7 Å². The number of amides is 2. The SMILES string of the molecule is C[S+](C)/C=C(\[O-])CCN1C(=O)c2cccnc2C1=O. The second-order valence-electron chi connectivity index (χ2n) is 4.38. The molecule has 0 radical (unpaired) electrons. The summed E-state index contributed by atoms with van der Waals surface area (Å²) in [6.45, 7) is 0.112. The molecule has 19 heavy (non-hydrogen) atoms. The minimum absolute atomic E-state index is 0.0437. The molecule has 0 saturated carbocycles. The number of carbonyl (C=O) groups excluding carboxylic acids is 2. The van der Waals surface area contributed by atoms with Crippen molar-refractivity contribution in [3.8, 4) is 0 Å². The van der Waals surface area contributed by atoms with Gasteiger partial charge in [-0.3, -0.25) is 19.5 Å². The van der Waals surface area contributed by atoms with Crippen molar-refractivity contribution in [2.75, 3.05) is 19.1 Å². The summed E-state index contributed by atoms with van der Waals surface area (Å²) in [4.78, 5) is 29.0. The Balaban J connectivity index is 2.09. The van der Waals surface area contributed by atoms with Crippen LogP contribution in [0.4, 0.5) is 0 Å². The lowest BCUT2D eigenvalue weighted by Gasteiger charge is -2.16. The number of carbonyl (C=O) groups is 2. The quantitative estimate of drug-likeness (QED) is 0.446. The van der Waals surface area contributed by atoms with Crippen LogP contribution in [-0.2, 0) is 10.9 Å². The normalized spacial score (nSPS) is 15.3. The van der Waals surface area contributed by atoms with E-state index in [0.29, 0.717) is 5.56 Å². The van der Waals surface area contributed by atoms with Gasteiger partial charge in [0.25, 0.3) is 11.8 Å². The Morgan fingerprint density at radius 1 is 1.42 bits per heavy atom. The Hall–Kier alpha value is -1.82. The molecular weight excluding hydrogens is 264 g/mol. The molecule has 1 aliphatic heterocycles. The molecule has 2 heterocycles. The minimum Gasteiger partial charge on any atom is -0.872 e. The average Bonchev–Trinajstić information content (AvgIpc) is 2.60. The van der Waals surface area contributed by atoms with Crippen molar-refractivity contribution in [1.29, 1.82) is 0 Å². The van der Waals surface area contributed by atoms with E-state index in [0.717, 1.165) is 4.90 Å². The van der Waals surface area contributed by atoms with E-state index in [1.165, 1.54) is 6.20 Å². The molecule has 2 rings (SSSR count). The maximum Gasteiger partial charge on any atom is 0.280 e. The van der Waals surface area contributed by atoms with Crippen LogP contribution in [0.2, 0.25) is 0 Å². The molecule has 0 fully saturated rings. The summed E-state index contributed by atoms with van der Waals surface area (Å²) in [5.41, 5.74) is 0.490. The van der Waals surface area contributed by atoms with Crippen LogP contribution in [0.25, 0.3) is 0 Å². The molecule has 0 aliphatic carbocycles. The maximum atomic E-state index is 12.0. The number of hydrogen-bond donors (Lipinski definition) is 0. The highest BCUT2D eigenvalue weighted by molar-refractivity contribution is 7.98. The first-order chi connectivity index (χ1) is 9.00. The first-order valence-electron chi connectivity index (χ1n) is 5.76. The molecule has 100 valence electrons. The van der Waals surface area contributed by atoms with Crippen LogP contribution in [-0.4, -0.2) is 40.8 Å². The van der Waals surface area contributed by atoms with Gasteiger partial charge >= 0.3 is 0 Å². The Labute approximate surface area is 114 Å². The van der Waals surface area contributed by atoms with Crippen molar-refractivity contribution in [2.24, 2.45) is 0 Å². The molecule has 0 bridgehead atoms. The molecule has 0 atom stereocenters. The predicted molar refractivity (Wildman–Crippen MR) is 71.5 cm³/mol. The Kier molecular flexibility index (Phi) is 3.90. The highest BCUT2D eigenvalue weighted by Gasteiger charge is 2.35. The lowest BCUT2D eigenvalue weighted by molar-refractivity contribution is -0.306. The van der Waals surface area contributed by atoms with Crippen molar-refractivity contribution in [3.05, 3.63) is 40.8 Å². The second kappa shape index (κ2) is 5.44. The summed E-state index contributed by atoms with van der Waals surface area (Å²) in [6.07, 6.45) is 5.51. The summed E-state index contributed by atoms with van der Waals surface area (Å²) in [7, 11) is -0.0814. The summed E-state index contributed by atoms with van der Waals surface area (Å²) in [5.74, 6) is -0.828. The number of pyridine rings is 1. The molecule has 0 saturated heterocycles. The fourth-order valence-electron chi connectivity index (χ4n) is 1.86. The fraction of sp³-hybridized carbons (Fsp3) is 0.308. The van der Waals surface area contributed by atoms with E-state index in [1.54, 1.807) is 17.5 Å². The van der Waals surface area contributed by atoms with Gasteiger partial charge in [-0.25, -0.2) is 0 Å². The molecule has 1 aliphatic rings. The zero-order valence-corrected chi connectivity index (χ0v) is 11.6. The third-order valence-electron chi connectivity index (χ3n) is 2.68. The first kappa shape index (κ1) is 13.6. The van der Waals surface area contributed by atoms with E-state index in [-0.39, 0.29) is 41.2 Å². The van der Waals surface area contributed by atoms with Gasteiger partial charge in [0.1, 0.15) is 23.6 Å². The molecule has 0 aromatic carbocycles. The van der Waals surface area contributed by atoms with E-state index >= 15 is 0 Å².